The molecule has 0 aromatic carbocycles. The number of hydrogen-bond donors (Lipinski definition) is 1. The van der Waals surface area contributed by atoms with E-state index in [-0.39, 0.29) is 0 Å². The van der Waals surface area contributed by atoms with Crippen LogP contribution in [0.5, 0.6) is 0 Å². The zero-order chi connectivity index (χ0) is 10.0. The molecule has 76 valence electrons. The van der Waals surface area contributed by atoms with Crippen LogP contribution in [0.3, 0.4) is 0 Å². The Morgan fingerprint density at radius 3 is 3.00 bits per heavy atom. The molecule has 14 heavy (non-hydrogen) atoms. The van der Waals surface area contributed by atoms with Gasteiger partial charge in [-0.3, -0.25) is 4.98 Å². The maximum absolute atomic E-state index is 10.2. The van der Waals surface area contributed by atoms with Crippen LogP contribution in [0.1, 0.15) is 12.1 Å². The molecule has 3 heteroatoms. The first kappa shape index (κ1) is 9.62. The Bertz CT molecular complexity index is 301. The van der Waals surface area contributed by atoms with Crippen molar-refractivity contribution in [2.24, 2.45) is 0 Å². The Morgan fingerprint density at radius 1 is 1.57 bits per heavy atom. The number of aliphatic hydroxyl groups is 1. The molecule has 0 spiro atoms. The van der Waals surface area contributed by atoms with E-state index in [1.54, 1.807) is 6.20 Å². The standard InChI is InChI=1S/C11H16N2O/c1-13-7-5-11(14,9-13)8-10-4-2-3-6-12-10/h2-4,6,14H,5,7-9H2,1H3. The van der Waals surface area contributed by atoms with Crippen LogP contribution in [0.4, 0.5) is 0 Å². The van der Waals surface area contributed by atoms with Gasteiger partial charge in [-0.2, -0.15) is 0 Å². The highest BCUT2D eigenvalue weighted by atomic mass is 16.3. The fourth-order valence-corrected chi connectivity index (χ4v) is 2.04. The Balaban J connectivity index is 2.04. The molecule has 1 aliphatic rings. The van der Waals surface area contributed by atoms with Crippen LogP contribution < -0.4 is 0 Å². The number of pyridine rings is 1. The first-order valence-electron chi connectivity index (χ1n) is 4.99. The smallest absolute Gasteiger partial charge is 0.0841 e. The summed E-state index contributed by atoms with van der Waals surface area (Å²) in [5.74, 6) is 0. The molecule has 3 nitrogen and oxygen atoms in total. The van der Waals surface area contributed by atoms with Crippen molar-refractivity contribution >= 4 is 0 Å². The Kier molecular flexibility index (Phi) is 2.52. The molecule has 1 fully saturated rings. The van der Waals surface area contributed by atoms with Gasteiger partial charge >= 0.3 is 0 Å². The van der Waals surface area contributed by atoms with Crippen LogP contribution >= 0.6 is 0 Å². The molecule has 1 aromatic heterocycles. The van der Waals surface area contributed by atoms with Crippen molar-refractivity contribution < 1.29 is 5.11 Å². The molecular weight excluding hydrogens is 176 g/mol. The van der Waals surface area contributed by atoms with Crippen LogP contribution in [0, 0.1) is 0 Å². The van der Waals surface area contributed by atoms with Gasteiger partial charge in [-0.05, 0) is 25.6 Å². The molecule has 1 N–H and O–H groups in total. The second kappa shape index (κ2) is 3.67. The zero-order valence-corrected chi connectivity index (χ0v) is 8.48. The first-order chi connectivity index (χ1) is 6.68. The van der Waals surface area contributed by atoms with E-state index in [0.29, 0.717) is 6.42 Å². The molecule has 0 amide bonds. The van der Waals surface area contributed by atoms with E-state index >= 15 is 0 Å². The summed E-state index contributed by atoms with van der Waals surface area (Å²) in [6, 6.07) is 5.83. The van der Waals surface area contributed by atoms with Gasteiger partial charge in [-0.1, -0.05) is 6.07 Å². The normalized spacial score (nSPS) is 28.1. The number of rotatable bonds is 2. The van der Waals surface area contributed by atoms with Crippen molar-refractivity contribution in [3.05, 3.63) is 30.1 Å². The Hall–Kier alpha value is -0.930. The van der Waals surface area contributed by atoms with E-state index in [1.807, 2.05) is 25.2 Å². The van der Waals surface area contributed by atoms with E-state index < -0.39 is 5.60 Å². The molecule has 0 radical (unpaired) electrons. The van der Waals surface area contributed by atoms with Gasteiger partial charge in [-0.15, -0.1) is 0 Å². The molecule has 0 bridgehead atoms. The number of β-amino-alcohol motifs (C(OH)–C–C–N with tert-alkyl or cyclic N) is 1. The summed E-state index contributed by atoms with van der Waals surface area (Å²) in [5, 5.41) is 10.2. The molecule has 2 rings (SSSR count). The van der Waals surface area contributed by atoms with Gasteiger partial charge in [-0.25, -0.2) is 0 Å². The Morgan fingerprint density at radius 2 is 2.43 bits per heavy atom. The van der Waals surface area contributed by atoms with Crippen LogP contribution in [0.15, 0.2) is 24.4 Å². The first-order valence-corrected chi connectivity index (χ1v) is 4.99. The van der Waals surface area contributed by atoms with E-state index in [0.717, 1.165) is 25.2 Å². The summed E-state index contributed by atoms with van der Waals surface area (Å²) in [7, 11) is 2.04. The van der Waals surface area contributed by atoms with Gasteiger partial charge in [0.15, 0.2) is 0 Å². The van der Waals surface area contributed by atoms with Crippen LogP contribution in [0.25, 0.3) is 0 Å². The highest BCUT2D eigenvalue weighted by molar-refractivity contribution is 5.08. The van der Waals surface area contributed by atoms with Crippen LogP contribution in [0.2, 0.25) is 0 Å². The summed E-state index contributed by atoms with van der Waals surface area (Å²) in [5.41, 5.74) is 0.411. The van der Waals surface area contributed by atoms with Crippen molar-refractivity contribution in [1.29, 1.82) is 0 Å². The van der Waals surface area contributed by atoms with Gasteiger partial charge in [0.25, 0.3) is 0 Å². The fraction of sp³-hybridized carbons (Fsp3) is 0.545. The lowest BCUT2D eigenvalue weighted by Gasteiger charge is -2.21. The van der Waals surface area contributed by atoms with Gasteiger partial charge in [0.1, 0.15) is 0 Å². The van der Waals surface area contributed by atoms with E-state index in [2.05, 4.69) is 9.88 Å². The van der Waals surface area contributed by atoms with E-state index in [9.17, 15) is 5.11 Å². The molecule has 2 heterocycles. The number of aromatic nitrogens is 1. The highest BCUT2D eigenvalue weighted by Crippen LogP contribution is 2.23. The second-order valence-electron chi connectivity index (χ2n) is 4.21. The van der Waals surface area contributed by atoms with Gasteiger partial charge in [0.05, 0.1) is 5.60 Å². The Labute approximate surface area is 84.4 Å². The molecule has 1 aromatic rings. The average Bonchev–Trinajstić information content (AvgIpc) is 2.47. The van der Waals surface area contributed by atoms with Gasteiger partial charge < -0.3 is 10.0 Å². The molecule has 1 saturated heterocycles. The minimum atomic E-state index is -0.566. The van der Waals surface area contributed by atoms with Gasteiger partial charge in [0, 0.05) is 31.4 Å². The lowest BCUT2D eigenvalue weighted by Crippen LogP contribution is -2.34. The predicted octanol–water partition coefficient (Wildman–Crippen LogP) is 0.691. The topological polar surface area (TPSA) is 36.4 Å². The quantitative estimate of drug-likeness (QED) is 0.749. The summed E-state index contributed by atoms with van der Waals surface area (Å²) < 4.78 is 0. The largest absolute Gasteiger partial charge is 0.388 e. The maximum Gasteiger partial charge on any atom is 0.0841 e. The summed E-state index contributed by atoms with van der Waals surface area (Å²) in [6.45, 7) is 1.73. The SMILES string of the molecule is CN1CCC(O)(Cc2ccccn2)C1. The monoisotopic (exact) mass is 192 g/mol. The fourth-order valence-electron chi connectivity index (χ4n) is 2.04. The minimum Gasteiger partial charge on any atom is -0.388 e. The lowest BCUT2D eigenvalue weighted by molar-refractivity contribution is 0.0514. The van der Waals surface area contributed by atoms with Crippen molar-refractivity contribution in [2.45, 2.75) is 18.4 Å². The highest BCUT2D eigenvalue weighted by Gasteiger charge is 2.34. The third-order valence-electron chi connectivity index (χ3n) is 2.76. The maximum atomic E-state index is 10.2. The molecule has 1 unspecified atom stereocenters. The number of hydrogen-bond acceptors (Lipinski definition) is 3. The van der Waals surface area contributed by atoms with Crippen LogP contribution in [-0.2, 0) is 6.42 Å². The summed E-state index contributed by atoms with van der Waals surface area (Å²) in [6.07, 6.45) is 3.29. The summed E-state index contributed by atoms with van der Waals surface area (Å²) in [4.78, 5) is 6.39. The molecule has 0 aliphatic carbocycles. The average molecular weight is 192 g/mol. The molecule has 1 aliphatic heterocycles. The number of nitrogens with zero attached hydrogens (tertiary/aromatic N) is 2. The predicted molar refractivity (Wildman–Crippen MR) is 55.0 cm³/mol. The minimum absolute atomic E-state index is 0.566. The molecule has 1 atom stereocenters. The molecular formula is C11H16N2O. The summed E-state index contributed by atoms with van der Waals surface area (Å²) >= 11 is 0. The number of likely N-dealkylation sites (tertiary alicyclic amines) is 1. The third-order valence-corrected chi connectivity index (χ3v) is 2.76. The van der Waals surface area contributed by atoms with Crippen molar-refractivity contribution in [1.82, 2.24) is 9.88 Å². The van der Waals surface area contributed by atoms with E-state index in [4.69, 9.17) is 0 Å². The van der Waals surface area contributed by atoms with Crippen molar-refractivity contribution in [2.75, 3.05) is 20.1 Å². The lowest BCUT2D eigenvalue weighted by atomic mass is 9.97. The van der Waals surface area contributed by atoms with Crippen molar-refractivity contribution in [3.63, 3.8) is 0 Å². The van der Waals surface area contributed by atoms with Crippen molar-refractivity contribution in [3.8, 4) is 0 Å². The second-order valence-corrected chi connectivity index (χ2v) is 4.21. The zero-order valence-electron chi connectivity index (χ0n) is 8.48. The van der Waals surface area contributed by atoms with Crippen LogP contribution in [-0.4, -0.2) is 40.7 Å². The number of likely N-dealkylation sites (N-methyl/N-ethyl adjacent to an activating group) is 1. The van der Waals surface area contributed by atoms with E-state index in [1.165, 1.54) is 0 Å². The third kappa shape index (κ3) is 2.11. The van der Waals surface area contributed by atoms with Gasteiger partial charge in [0.2, 0.25) is 0 Å². The molecule has 0 saturated carbocycles.